The predicted octanol–water partition coefficient (Wildman–Crippen LogP) is 4.96. The second-order valence-electron chi connectivity index (χ2n) is 4.73. The maximum Gasteiger partial charge on any atom is 0.143 e. The van der Waals surface area contributed by atoms with Crippen LogP contribution in [0, 0.1) is 6.85 Å². The normalized spacial score (nSPS) is 14.1. The molecule has 0 spiro atoms. The van der Waals surface area contributed by atoms with Gasteiger partial charge in [-0.3, -0.25) is 4.98 Å². The quantitative estimate of drug-likeness (QED) is 0.484. The van der Waals surface area contributed by atoms with E-state index in [1.54, 1.807) is 24.5 Å². The Bertz CT molecular complexity index is 1000. The van der Waals surface area contributed by atoms with Crippen molar-refractivity contribution in [2.75, 3.05) is 0 Å². The number of furan rings is 1. The molecule has 0 saturated heterocycles. The van der Waals surface area contributed by atoms with E-state index in [9.17, 15) is 0 Å². The van der Waals surface area contributed by atoms with E-state index in [1.807, 2.05) is 36.4 Å². The van der Waals surface area contributed by atoms with Gasteiger partial charge in [0.15, 0.2) is 0 Å². The fourth-order valence-electron chi connectivity index (χ4n) is 2.52. The Hall–Kier alpha value is -2.61. The zero-order valence-electron chi connectivity index (χ0n) is 13.6. The standard InChI is InChI=1S/C18H13NO/c1-12-5-7-13(8-6-12)14-3-2-4-15-16-11-19-10-9-17(16)20-18(14)15/h2-11H,1H3/i1D3. The van der Waals surface area contributed by atoms with Crippen molar-refractivity contribution in [1.82, 2.24) is 4.98 Å². The van der Waals surface area contributed by atoms with Crippen molar-refractivity contribution in [2.24, 2.45) is 0 Å². The third kappa shape index (κ3) is 1.62. The molecule has 2 aromatic carbocycles. The van der Waals surface area contributed by atoms with Crippen LogP contribution in [0.3, 0.4) is 0 Å². The number of aryl methyl sites for hydroxylation is 1. The summed E-state index contributed by atoms with van der Waals surface area (Å²) in [6.45, 7) is -2.09. The van der Waals surface area contributed by atoms with E-state index < -0.39 is 6.85 Å². The highest BCUT2D eigenvalue weighted by Crippen LogP contribution is 2.35. The molecule has 4 aromatic rings. The molecule has 0 amide bonds. The predicted molar refractivity (Wildman–Crippen MR) is 81.7 cm³/mol. The average molecular weight is 262 g/mol. The molecule has 2 heterocycles. The summed E-state index contributed by atoms with van der Waals surface area (Å²) in [5, 5.41) is 1.98. The van der Waals surface area contributed by atoms with Gasteiger partial charge in [-0.2, -0.15) is 0 Å². The average Bonchev–Trinajstić information content (AvgIpc) is 2.93. The van der Waals surface area contributed by atoms with Crippen molar-refractivity contribution in [3.63, 3.8) is 0 Å². The molecule has 96 valence electrons. The lowest BCUT2D eigenvalue weighted by molar-refractivity contribution is 0.669. The number of benzene rings is 2. The second-order valence-corrected chi connectivity index (χ2v) is 4.73. The number of pyridine rings is 1. The van der Waals surface area contributed by atoms with Crippen LogP contribution in [0.4, 0.5) is 0 Å². The third-order valence-electron chi connectivity index (χ3n) is 3.49. The second kappa shape index (κ2) is 4.20. The van der Waals surface area contributed by atoms with Crippen LogP contribution < -0.4 is 0 Å². The van der Waals surface area contributed by atoms with Crippen LogP contribution in [0.25, 0.3) is 33.1 Å². The van der Waals surface area contributed by atoms with E-state index in [4.69, 9.17) is 8.53 Å². The van der Waals surface area contributed by atoms with Gasteiger partial charge in [-0.05, 0) is 18.5 Å². The number of hydrogen-bond donors (Lipinski definition) is 0. The topological polar surface area (TPSA) is 26.0 Å². The summed E-state index contributed by atoms with van der Waals surface area (Å²) in [5.41, 5.74) is 3.78. The Morgan fingerprint density at radius 1 is 1.00 bits per heavy atom. The molecule has 2 heteroatoms. The summed E-state index contributed by atoms with van der Waals surface area (Å²) in [5.74, 6) is 0. The van der Waals surface area contributed by atoms with Gasteiger partial charge in [0.1, 0.15) is 11.2 Å². The van der Waals surface area contributed by atoms with Crippen molar-refractivity contribution < 1.29 is 8.53 Å². The molecule has 0 aliphatic carbocycles. The lowest BCUT2D eigenvalue weighted by Crippen LogP contribution is -1.79. The van der Waals surface area contributed by atoms with Crippen LogP contribution in [0.1, 0.15) is 9.68 Å². The van der Waals surface area contributed by atoms with E-state index in [2.05, 4.69) is 4.98 Å². The minimum absolute atomic E-state index is 0.335. The van der Waals surface area contributed by atoms with Crippen molar-refractivity contribution in [3.05, 3.63) is 66.5 Å². The number of nitrogens with zero attached hydrogens (tertiary/aromatic N) is 1. The summed E-state index contributed by atoms with van der Waals surface area (Å²) in [4.78, 5) is 4.15. The number of para-hydroxylation sites is 1. The smallest absolute Gasteiger partial charge is 0.143 e. The molecule has 0 aliphatic heterocycles. The number of hydrogen-bond acceptors (Lipinski definition) is 2. The summed E-state index contributed by atoms with van der Waals surface area (Å²) < 4.78 is 28.4. The van der Waals surface area contributed by atoms with Gasteiger partial charge in [-0.1, -0.05) is 48.0 Å². The van der Waals surface area contributed by atoms with E-state index >= 15 is 0 Å². The zero-order chi connectivity index (χ0) is 16.0. The molecule has 20 heavy (non-hydrogen) atoms. The first kappa shape index (κ1) is 8.54. The lowest BCUT2D eigenvalue weighted by atomic mass is 10.0. The van der Waals surface area contributed by atoms with Gasteiger partial charge < -0.3 is 4.42 Å². The Morgan fingerprint density at radius 2 is 1.90 bits per heavy atom. The molecule has 0 fully saturated rings. The summed E-state index contributed by atoms with van der Waals surface area (Å²) in [6.07, 6.45) is 3.50. The first-order valence-electron chi connectivity index (χ1n) is 7.90. The molecule has 4 rings (SSSR count). The molecular formula is C18H13NO. The molecule has 0 radical (unpaired) electrons. The van der Waals surface area contributed by atoms with Gasteiger partial charge >= 0.3 is 0 Å². The Kier molecular flexibility index (Phi) is 1.79. The Morgan fingerprint density at radius 3 is 2.75 bits per heavy atom. The van der Waals surface area contributed by atoms with Crippen LogP contribution in [0.15, 0.2) is 65.3 Å². The van der Waals surface area contributed by atoms with Gasteiger partial charge in [-0.25, -0.2) is 0 Å². The molecule has 0 N–H and O–H groups in total. The van der Waals surface area contributed by atoms with Gasteiger partial charge in [0.25, 0.3) is 0 Å². The van der Waals surface area contributed by atoms with Crippen LogP contribution in [-0.4, -0.2) is 4.98 Å². The minimum atomic E-state index is -2.09. The maximum absolute atomic E-state index is 7.46. The number of aromatic nitrogens is 1. The van der Waals surface area contributed by atoms with Crippen molar-refractivity contribution in [3.8, 4) is 11.1 Å². The summed E-state index contributed by atoms with van der Waals surface area (Å²) in [6, 6.07) is 14.7. The van der Waals surface area contributed by atoms with Crippen LogP contribution >= 0.6 is 0 Å². The SMILES string of the molecule is [2H]C([2H])([2H])c1ccc(-c2cccc3c2oc2ccncc23)cc1. The first-order valence-corrected chi connectivity index (χ1v) is 6.40. The molecule has 0 saturated carbocycles. The lowest BCUT2D eigenvalue weighted by Gasteiger charge is -2.03. The van der Waals surface area contributed by atoms with Crippen LogP contribution in [0.2, 0.25) is 0 Å². The highest BCUT2D eigenvalue weighted by Gasteiger charge is 2.11. The summed E-state index contributed by atoms with van der Waals surface area (Å²) >= 11 is 0. The largest absolute Gasteiger partial charge is 0.455 e. The van der Waals surface area contributed by atoms with Crippen molar-refractivity contribution in [2.45, 2.75) is 6.85 Å². The Labute approximate surface area is 120 Å². The molecule has 0 atom stereocenters. The van der Waals surface area contributed by atoms with Gasteiger partial charge in [-0.15, -0.1) is 0 Å². The highest BCUT2D eigenvalue weighted by atomic mass is 16.3. The minimum Gasteiger partial charge on any atom is -0.455 e. The number of fused-ring (bicyclic) bond motifs is 3. The molecule has 0 bridgehead atoms. The van der Waals surface area contributed by atoms with Crippen molar-refractivity contribution in [1.29, 1.82) is 0 Å². The van der Waals surface area contributed by atoms with E-state index in [1.165, 1.54) is 0 Å². The zero-order valence-corrected chi connectivity index (χ0v) is 10.6. The monoisotopic (exact) mass is 262 g/mol. The van der Waals surface area contributed by atoms with Crippen LogP contribution in [0.5, 0.6) is 0 Å². The molecule has 0 unspecified atom stereocenters. The van der Waals surface area contributed by atoms with Crippen molar-refractivity contribution >= 4 is 21.9 Å². The van der Waals surface area contributed by atoms with Gasteiger partial charge in [0.05, 0.1) is 0 Å². The highest BCUT2D eigenvalue weighted by molar-refractivity contribution is 6.09. The fourth-order valence-corrected chi connectivity index (χ4v) is 2.52. The maximum atomic E-state index is 7.46. The molecular weight excluding hydrogens is 246 g/mol. The third-order valence-corrected chi connectivity index (χ3v) is 3.49. The van der Waals surface area contributed by atoms with Crippen LogP contribution in [-0.2, 0) is 0 Å². The molecule has 2 aromatic heterocycles. The molecule has 2 nitrogen and oxygen atoms in total. The fraction of sp³-hybridized carbons (Fsp3) is 0.0556. The van der Waals surface area contributed by atoms with E-state index in [-0.39, 0.29) is 0 Å². The van der Waals surface area contributed by atoms with E-state index in [0.29, 0.717) is 5.56 Å². The molecule has 0 aliphatic rings. The first-order chi connectivity index (χ1) is 11.0. The summed E-state index contributed by atoms with van der Waals surface area (Å²) in [7, 11) is 0. The Balaban J connectivity index is 1.92. The van der Waals surface area contributed by atoms with E-state index in [0.717, 1.165) is 33.1 Å². The van der Waals surface area contributed by atoms with Gasteiger partial charge in [0.2, 0.25) is 0 Å². The number of rotatable bonds is 1. The van der Waals surface area contributed by atoms with Gasteiger partial charge in [0, 0.05) is 32.8 Å².